The lowest BCUT2D eigenvalue weighted by molar-refractivity contribution is -0.123. The maximum Gasteiger partial charge on any atom is 0.237 e. The van der Waals surface area contributed by atoms with Crippen LogP contribution in [0.1, 0.15) is 16.8 Å². The number of carbonyl (C=O) groups is 1. The van der Waals surface area contributed by atoms with Crippen molar-refractivity contribution in [3.05, 3.63) is 59.7 Å². The van der Waals surface area contributed by atoms with Gasteiger partial charge in [0.2, 0.25) is 5.91 Å². The molecule has 0 saturated carbocycles. The molecule has 5 nitrogen and oxygen atoms in total. The van der Waals surface area contributed by atoms with E-state index in [9.17, 15) is 4.79 Å². The second-order valence-corrected chi connectivity index (χ2v) is 4.82. The lowest BCUT2D eigenvalue weighted by atomic mass is 9.95. The molecule has 1 aliphatic heterocycles. The first kappa shape index (κ1) is 12.7. The lowest BCUT2D eigenvalue weighted by Gasteiger charge is -2.25. The standard InChI is InChI=1S/C15H16N4O/c20-15(18-9-13-5-6-16-10-19-13)14-7-11-3-1-2-4-12(11)8-17-14/h1-6,10,14,17H,7-9H2,(H,18,20)/t14-/m0/s1. The summed E-state index contributed by atoms with van der Waals surface area (Å²) in [6.45, 7) is 1.17. The van der Waals surface area contributed by atoms with Gasteiger partial charge in [0.05, 0.1) is 18.3 Å². The summed E-state index contributed by atoms with van der Waals surface area (Å²) in [5, 5.41) is 6.17. The van der Waals surface area contributed by atoms with Gasteiger partial charge >= 0.3 is 0 Å². The number of aromatic nitrogens is 2. The quantitative estimate of drug-likeness (QED) is 0.864. The molecule has 0 bridgehead atoms. The van der Waals surface area contributed by atoms with Gasteiger partial charge in [-0.2, -0.15) is 0 Å². The molecule has 1 aromatic heterocycles. The summed E-state index contributed by atoms with van der Waals surface area (Å²) in [6, 6.07) is 9.84. The lowest BCUT2D eigenvalue weighted by Crippen LogP contribution is -2.47. The predicted molar refractivity (Wildman–Crippen MR) is 74.7 cm³/mol. The zero-order valence-electron chi connectivity index (χ0n) is 11.0. The number of carbonyl (C=O) groups excluding carboxylic acids is 1. The van der Waals surface area contributed by atoms with Crippen LogP contribution in [0.4, 0.5) is 0 Å². The Kier molecular flexibility index (Phi) is 3.69. The van der Waals surface area contributed by atoms with Gasteiger partial charge in [0.15, 0.2) is 0 Å². The van der Waals surface area contributed by atoms with E-state index in [1.54, 1.807) is 12.3 Å². The zero-order chi connectivity index (χ0) is 13.8. The second-order valence-electron chi connectivity index (χ2n) is 4.82. The highest BCUT2D eigenvalue weighted by Gasteiger charge is 2.23. The molecular formula is C15H16N4O. The Hall–Kier alpha value is -2.27. The Balaban J connectivity index is 1.59. The number of fused-ring (bicyclic) bond motifs is 1. The van der Waals surface area contributed by atoms with Crippen LogP contribution in [0.2, 0.25) is 0 Å². The minimum atomic E-state index is -0.174. The Morgan fingerprint density at radius 2 is 2.15 bits per heavy atom. The molecule has 5 heteroatoms. The molecule has 0 saturated heterocycles. The highest BCUT2D eigenvalue weighted by molar-refractivity contribution is 5.82. The van der Waals surface area contributed by atoms with Gasteiger partial charge in [-0.3, -0.25) is 4.79 Å². The molecule has 1 aromatic carbocycles. The van der Waals surface area contributed by atoms with Crippen molar-refractivity contribution in [3.8, 4) is 0 Å². The molecule has 2 N–H and O–H groups in total. The summed E-state index contributed by atoms with van der Waals surface area (Å²) >= 11 is 0. The molecule has 2 heterocycles. The Labute approximate surface area is 117 Å². The fourth-order valence-electron chi connectivity index (χ4n) is 2.36. The summed E-state index contributed by atoms with van der Waals surface area (Å²) in [6.07, 6.45) is 3.88. The van der Waals surface area contributed by atoms with E-state index in [2.05, 4.69) is 32.7 Å². The molecule has 3 rings (SSSR count). The van der Waals surface area contributed by atoms with Crippen LogP contribution in [0.5, 0.6) is 0 Å². The second kappa shape index (κ2) is 5.79. The maximum atomic E-state index is 12.2. The number of amides is 1. The summed E-state index contributed by atoms with van der Waals surface area (Å²) in [4.78, 5) is 20.1. The smallest absolute Gasteiger partial charge is 0.237 e. The highest BCUT2D eigenvalue weighted by atomic mass is 16.2. The number of rotatable bonds is 3. The van der Waals surface area contributed by atoms with E-state index in [4.69, 9.17) is 0 Å². The Bertz CT molecular complexity index is 600. The van der Waals surface area contributed by atoms with Gasteiger partial charge in [0.25, 0.3) is 0 Å². The van der Waals surface area contributed by atoms with Crippen molar-refractivity contribution >= 4 is 5.91 Å². The fraction of sp³-hybridized carbons (Fsp3) is 0.267. The molecule has 0 fully saturated rings. The zero-order valence-corrected chi connectivity index (χ0v) is 11.0. The number of hydrogen-bond donors (Lipinski definition) is 2. The molecule has 1 atom stereocenters. The van der Waals surface area contributed by atoms with Gasteiger partial charge in [0, 0.05) is 12.7 Å². The van der Waals surface area contributed by atoms with Gasteiger partial charge in [-0.1, -0.05) is 24.3 Å². The molecule has 0 aliphatic carbocycles. The van der Waals surface area contributed by atoms with E-state index >= 15 is 0 Å². The van der Waals surface area contributed by atoms with Crippen molar-refractivity contribution in [1.29, 1.82) is 0 Å². The van der Waals surface area contributed by atoms with Gasteiger partial charge in [-0.15, -0.1) is 0 Å². The van der Waals surface area contributed by atoms with Gasteiger partial charge in [0.1, 0.15) is 6.33 Å². The first-order valence-corrected chi connectivity index (χ1v) is 6.66. The molecule has 2 aromatic rings. The van der Waals surface area contributed by atoms with E-state index in [-0.39, 0.29) is 11.9 Å². The first-order valence-electron chi connectivity index (χ1n) is 6.66. The van der Waals surface area contributed by atoms with E-state index in [1.165, 1.54) is 17.5 Å². The summed E-state index contributed by atoms with van der Waals surface area (Å²) < 4.78 is 0. The Morgan fingerprint density at radius 3 is 2.95 bits per heavy atom. The minimum Gasteiger partial charge on any atom is -0.349 e. The van der Waals surface area contributed by atoms with Gasteiger partial charge in [-0.25, -0.2) is 9.97 Å². The molecule has 0 unspecified atom stereocenters. The SMILES string of the molecule is O=C(NCc1ccncn1)[C@@H]1Cc2ccccc2CN1. The van der Waals surface area contributed by atoms with Crippen molar-refractivity contribution in [1.82, 2.24) is 20.6 Å². The van der Waals surface area contributed by atoms with Crippen LogP contribution >= 0.6 is 0 Å². The van der Waals surface area contributed by atoms with Crippen LogP contribution in [0.25, 0.3) is 0 Å². The third kappa shape index (κ3) is 2.83. The third-order valence-corrected chi connectivity index (χ3v) is 3.48. The minimum absolute atomic E-state index is 0.0121. The van der Waals surface area contributed by atoms with Gasteiger partial charge in [-0.05, 0) is 23.6 Å². The maximum absolute atomic E-state index is 12.2. The van der Waals surface area contributed by atoms with E-state index in [1.807, 2.05) is 12.1 Å². The molecule has 0 radical (unpaired) electrons. The molecule has 102 valence electrons. The van der Waals surface area contributed by atoms with Crippen molar-refractivity contribution in [2.75, 3.05) is 0 Å². The molecular weight excluding hydrogens is 252 g/mol. The van der Waals surface area contributed by atoms with E-state index in [0.717, 1.165) is 18.7 Å². The normalized spacial score (nSPS) is 17.3. The van der Waals surface area contributed by atoms with Crippen LogP contribution in [-0.4, -0.2) is 21.9 Å². The van der Waals surface area contributed by atoms with Gasteiger partial charge < -0.3 is 10.6 Å². The summed E-state index contributed by atoms with van der Waals surface area (Å²) in [7, 11) is 0. The molecule has 1 aliphatic rings. The summed E-state index contributed by atoms with van der Waals surface area (Å²) in [5.41, 5.74) is 3.32. The Morgan fingerprint density at radius 1 is 1.30 bits per heavy atom. The van der Waals surface area contributed by atoms with Crippen molar-refractivity contribution in [3.63, 3.8) is 0 Å². The third-order valence-electron chi connectivity index (χ3n) is 3.48. The van der Waals surface area contributed by atoms with Crippen molar-refractivity contribution < 1.29 is 4.79 Å². The summed E-state index contributed by atoms with van der Waals surface area (Å²) in [5.74, 6) is 0.0121. The average Bonchev–Trinajstić information content (AvgIpc) is 2.53. The average molecular weight is 268 g/mol. The molecule has 0 spiro atoms. The number of benzene rings is 1. The largest absolute Gasteiger partial charge is 0.349 e. The van der Waals surface area contributed by atoms with Crippen LogP contribution in [-0.2, 0) is 24.3 Å². The molecule has 1 amide bonds. The first-order chi connectivity index (χ1) is 9.83. The van der Waals surface area contributed by atoms with Crippen LogP contribution in [0, 0.1) is 0 Å². The van der Waals surface area contributed by atoms with E-state index in [0.29, 0.717) is 6.54 Å². The van der Waals surface area contributed by atoms with Crippen LogP contribution in [0.3, 0.4) is 0 Å². The predicted octanol–water partition coefficient (Wildman–Crippen LogP) is 0.807. The molecule has 20 heavy (non-hydrogen) atoms. The highest BCUT2D eigenvalue weighted by Crippen LogP contribution is 2.16. The van der Waals surface area contributed by atoms with E-state index < -0.39 is 0 Å². The number of nitrogens with one attached hydrogen (secondary N) is 2. The van der Waals surface area contributed by atoms with Crippen molar-refractivity contribution in [2.24, 2.45) is 0 Å². The monoisotopic (exact) mass is 268 g/mol. The van der Waals surface area contributed by atoms with Crippen LogP contribution < -0.4 is 10.6 Å². The number of nitrogens with zero attached hydrogens (tertiary/aromatic N) is 2. The van der Waals surface area contributed by atoms with Crippen LogP contribution in [0.15, 0.2) is 42.9 Å². The number of hydrogen-bond acceptors (Lipinski definition) is 4. The fourth-order valence-corrected chi connectivity index (χ4v) is 2.36. The topological polar surface area (TPSA) is 66.9 Å². The van der Waals surface area contributed by atoms with Crippen molar-refractivity contribution in [2.45, 2.75) is 25.6 Å².